The van der Waals surface area contributed by atoms with Gasteiger partial charge in [0.25, 0.3) is 6.43 Å². The van der Waals surface area contributed by atoms with Crippen LogP contribution in [0.2, 0.25) is 10.0 Å². The maximum Gasteiger partial charge on any atom is 0.256 e. The first kappa shape index (κ1) is 10.7. The normalized spacial score (nSPS) is 11.5. The first-order valence-corrected chi connectivity index (χ1v) is 5.05. The Morgan fingerprint density at radius 2 is 2.00 bits per heavy atom. The highest BCUT2D eigenvalue weighted by Crippen LogP contribution is 2.28. The lowest BCUT2D eigenvalue weighted by Gasteiger charge is -2.04. The van der Waals surface area contributed by atoms with Crippen molar-refractivity contribution in [3.63, 3.8) is 0 Å². The van der Waals surface area contributed by atoms with E-state index >= 15 is 0 Å². The van der Waals surface area contributed by atoms with Crippen molar-refractivity contribution in [3.05, 3.63) is 34.4 Å². The molecule has 2 aromatic rings. The van der Waals surface area contributed by atoms with Crippen molar-refractivity contribution in [1.29, 1.82) is 0 Å². The summed E-state index contributed by atoms with van der Waals surface area (Å²) in [6.07, 6.45) is -0.808. The van der Waals surface area contributed by atoms with Crippen LogP contribution < -0.4 is 0 Å². The summed E-state index contributed by atoms with van der Waals surface area (Å²) in [6, 6.07) is 4.93. The summed E-state index contributed by atoms with van der Waals surface area (Å²) in [6.45, 7) is -0.347. The van der Waals surface area contributed by atoms with Gasteiger partial charge in [-0.1, -0.05) is 23.2 Å². The van der Waals surface area contributed by atoms with Crippen LogP contribution in [0.3, 0.4) is 0 Å². The van der Waals surface area contributed by atoms with Crippen molar-refractivity contribution in [1.82, 2.24) is 4.57 Å². The maximum absolute atomic E-state index is 12.2. The van der Waals surface area contributed by atoms with Gasteiger partial charge in [0.05, 0.1) is 17.1 Å². The molecule has 1 nitrogen and oxygen atoms in total. The standard InChI is InChI=1S/C10H7Cl2F2N/c11-6-3-8(12)7-1-2-15(5-10(13)14)9(7)4-6/h1-4,10H,5H2. The highest BCUT2D eigenvalue weighted by molar-refractivity contribution is 6.38. The quantitative estimate of drug-likeness (QED) is 0.752. The molecular formula is C10H7Cl2F2N. The van der Waals surface area contributed by atoms with Crippen LogP contribution in [0.15, 0.2) is 24.4 Å². The minimum atomic E-state index is -2.39. The summed E-state index contributed by atoms with van der Waals surface area (Å²) in [5.41, 5.74) is 0.632. The maximum atomic E-state index is 12.2. The molecule has 0 amide bonds. The predicted molar refractivity (Wildman–Crippen MR) is 58.0 cm³/mol. The van der Waals surface area contributed by atoms with E-state index in [2.05, 4.69) is 0 Å². The van der Waals surface area contributed by atoms with Gasteiger partial charge in [-0.15, -0.1) is 0 Å². The van der Waals surface area contributed by atoms with Crippen molar-refractivity contribution < 1.29 is 8.78 Å². The van der Waals surface area contributed by atoms with Gasteiger partial charge in [-0.25, -0.2) is 8.78 Å². The number of hydrogen-bond donors (Lipinski definition) is 0. The summed E-state index contributed by atoms with van der Waals surface area (Å²) in [4.78, 5) is 0. The molecule has 0 aliphatic carbocycles. The zero-order valence-corrected chi connectivity index (χ0v) is 9.06. The van der Waals surface area contributed by atoms with Crippen LogP contribution in [0.25, 0.3) is 10.9 Å². The number of alkyl halides is 2. The van der Waals surface area contributed by atoms with E-state index in [-0.39, 0.29) is 6.54 Å². The number of halogens is 4. The average Bonchev–Trinajstić information content (AvgIpc) is 2.48. The number of aromatic nitrogens is 1. The van der Waals surface area contributed by atoms with E-state index < -0.39 is 6.43 Å². The topological polar surface area (TPSA) is 4.93 Å². The summed E-state index contributed by atoms with van der Waals surface area (Å²) in [5.74, 6) is 0. The molecule has 0 saturated carbocycles. The van der Waals surface area contributed by atoms with Gasteiger partial charge in [0.1, 0.15) is 0 Å². The number of nitrogens with zero attached hydrogens (tertiary/aromatic N) is 1. The van der Waals surface area contributed by atoms with Gasteiger partial charge in [0, 0.05) is 16.6 Å². The number of rotatable bonds is 2. The SMILES string of the molecule is FC(F)Cn1ccc2c(Cl)cc(Cl)cc21. The van der Waals surface area contributed by atoms with E-state index in [1.165, 1.54) is 4.57 Å². The molecule has 1 aromatic carbocycles. The van der Waals surface area contributed by atoms with Gasteiger partial charge in [-0.05, 0) is 18.2 Å². The average molecular weight is 250 g/mol. The molecule has 0 radical (unpaired) electrons. The first-order chi connectivity index (χ1) is 7.08. The lowest BCUT2D eigenvalue weighted by molar-refractivity contribution is 0.128. The van der Waals surface area contributed by atoms with E-state index in [1.807, 2.05) is 0 Å². The molecule has 0 fully saturated rings. The highest BCUT2D eigenvalue weighted by Gasteiger charge is 2.09. The fourth-order valence-corrected chi connectivity index (χ4v) is 2.07. The van der Waals surface area contributed by atoms with Gasteiger partial charge in [-0.2, -0.15) is 0 Å². The molecule has 0 unspecified atom stereocenters. The fraction of sp³-hybridized carbons (Fsp3) is 0.200. The number of benzene rings is 1. The largest absolute Gasteiger partial charge is 0.342 e. The van der Waals surface area contributed by atoms with Gasteiger partial charge in [0.15, 0.2) is 0 Å². The van der Waals surface area contributed by atoms with E-state index in [1.54, 1.807) is 24.4 Å². The molecule has 5 heteroatoms. The van der Waals surface area contributed by atoms with Crippen LogP contribution in [-0.4, -0.2) is 11.0 Å². The summed E-state index contributed by atoms with van der Waals surface area (Å²) in [5, 5.41) is 1.66. The Labute approximate surface area is 95.2 Å². The van der Waals surface area contributed by atoms with Crippen LogP contribution in [0.1, 0.15) is 0 Å². The van der Waals surface area contributed by atoms with Crippen molar-refractivity contribution in [2.75, 3.05) is 0 Å². The Balaban J connectivity index is 2.58. The molecule has 1 heterocycles. The first-order valence-electron chi connectivity index (χ1n) is 4.30. The van der Waals surface area contributed by atoms with Gasteiger partial charge < -0.3 is 4.57 Å². The Morgan fingerprint density at radius 1 is 1.27 bits per heavy atom. The van der Waals surface area contributed by atoms with Crippen LogP contribution in [0, 0.1) is 0 Å². The minimum absolute atomic E-state index is 0.347. The molecule has 0 aliphatic heterocycles. The van der Waals surface area contributed by atoms with Crippen LogP contribution in [0.4, 0.5) is 8.78 Å². The van der Waals surface area contributed by atoms with Crippen molar-refractivity contribution in [2.45, 2.75) is 13.0 Å². The molecule has 0 N–H and O–H groups in total. The molecule has 0 bridgehead atoms. The van der Waals surface area contributed by atoms with Crippen molar-refractivity contribution >= 4 is 34.1 Å². The second kappa shape index (κ2) is 3.99. The molecule has 0 atom stereocenters. The summed E-state index contributed by atoms with van der Waals surface area (Å²) in [7, 11) is 0. The lowest BCUT2D eigenvalue weighted by Crippen LogP contribution is -2.04. The smallest absolute Gasteiger partial charge is 0.256 e. The Kier molecular flexibility index (Phi) is 2.85. The van der Waals surface area contributed by atoms with Gasteiger partial charge >= 0.3 is 0 Å². The Hall–Kier alpha value is -0.800. The molecule has 0 aliphatic rings. The third kappa shape index (κ3) is 2.08. The number of hydrogen-bond acceptors (Lipinski definition) is 0. The highest BCUT2D eigenvalue weighted by atomic mass is 35.5. The van der Waals surface area contributed by atoms with E-state index in [0.717, 1.165) is 5.39 Å². The monoisotopic (exact) mass is 249 g/mol. The summed E-state index contributed by atoms with van der Waals surface area (Å²) >= 11 is 11.7. The zero-order valence-electron chi connectivity index (χ0n) is 7.55. The third-order valence-electron chi connectivity index (χ3n) is 2.14. The van der Waals surface area contributed by atoms with Crippen molar-refractivity contribution in [3.8, 4) is 0 Å². The number of fused-ring (bicyclic) bond motifs is 1. The Morgan fingerprint density at radius 3 is 2.67 bits per heavy atom. The predicted octanol–water partition coefficient (Wildman–Crippen LogP) is 4.21. The molecule has 80 valence electrons. The lowest BCUT2D eigenvalue weighted by atomic mass is 10.2. The Bertz CT molecular complexity index is 493. The van der Waals surface area contributed by atoms with Crippen LogP contribution in [-0.2, 0) is 6.54 Å². The second-order valence-corrected chi connectivity index (χ2v) is 4.02. The molecule has 15 heavy (non-hydrogen) atoms. The molecule has 2 rings (SSSR count). The van der Waals surface area contributed by atoms with E-state index in [0.29, 0.717) is 15.6 Å². The summed E-state index contributed by atoms with van der Waals surface area (Å²) < 4.78 is 25.9. The van der Waals surface area contributed by atoms with E-state index in [9.17, 15) is 8.78 Å². The van der Waals surface area contributed by atoms with Gasteiger partial charge in [0.2, 0.25) is 0 Å². The van der Waals surface area contributed by atoms with Crippen LogP contribution in [0.5, 0.6) is 0 Å². The molecule has 1 aromatic heterocycles. The molecule has 0 saturated heterocycles. The molecule has 0 spiro atoms. The van der Waals surface area contributed by atoms with E-state index in [4.69, 9.17) is 23.2 Å². The second-order valence-electron chi connectivity index (χ2n) is 3.18. The van der Waals surface area contributed by atoms with Crippen LogP contribution >= 0.6 is 23.2 Å². The fourth-order valence-electron chi connectivity index (χ4n) is 1.53. The molecular weight excluding hydrogens is 243 g/mol. The van der Waals surface area contributed by atoms with Gasteiger partial charge in [-0.3, -0.25) is 0 Å². The van der Waals surface area contributed by atoms with Crippen molar-refractivity contribution in [2.24, 2.45) is 0 Å². The minimum Gasteiger partial charge on any atom is -0.342 e. The third-order valence-corrected chi connectivity index (χ3v) is 2.67. The zero-order chi connectivity index (χ0) is 11.0.